The first kappa shape index (κ1) is 15.5. The summed E-state index contributed by atoms with van der Waals surface area (Å²) < 4.78 is 24.9. The minimum absolute atomic E-state index is 0.0123. The number of halogens is 2. The minimum Gasteiger partial charge on any atom is -0.497 e. The van der Waals surface area contributed by atoms with Gasteiger partial charge in [-0.3, -0.25) is 4.90 Å². The number of methoxy groups -OCH3 is 1. The zero-order valence-electron chi connectivity index (χ0n) is 12.2. The van der Waals surface area contributed by atoms with Gasteiger partial charge in [-0.15, -0.1) is 11.6 Å². The second-order valence-electron chi connectivity index (χ2n) is 5.78. The van der Waals surface area contributed by atoms with Crippen LogP contribution in [0.5, 0.6) is 5.75 Å². The number of nitrogens with zero attached hydrogens (tertiary/aromatic N) is 1. The minimum atomic E-state index is -0.263. The van der Waals surface area contributed by atoms with Crippen molar-refractivity contribution in [2.24, 2.45) is 0 Å². The van der Waals surface area contributed by atoms with Gasteiger partial charge in [0.15, 0.2) is 0 Å². The van der Waals surface area contributed by atoms with Crippen LogP contribution in [0.2, 0.25) is 0 Å². The molecule has 0 aliphatic carbocycles. The average Bonchev–Trinajstić information content (AvgIpc) is 2.39. The maximum atomic E-state index is 14.0. The molecule has 0 bridgehead atoms. The molecule has 1 aliphatic heterocycles. The van der Waals surface area contributed by atoms with Crippen molar-refractivity contribution >= 4 is 11.6 Å². The first-order chi connectivity index (χ1) is 9.43. The van der Waals surface area contributed by atoms with E-state index in [0.29, 0.717) is 23.7 Å². The Morgan fingerprint density at radius 3 is 2.85 bits per heavy atom. The molecule has 0 radical (unpaired) electrons. The van der Waals surface area contributed by atoms with Gasteiger partial charge in [-0.1, -0.05) is 6.07 Å². The van der Waals surface area contributed by atoms with Crippen LogP contribution in [0, 0.1) is 5.82 Å². The molecular weight excluding hydrogens is 281 g/mol. The van der Waals surface area contributed by atoms with E-state index < -0.39 is 0 Å². The SMILES string of the molecule is COc1ccc(CN2CC(CCl)OC(C)(C)C2)c(F)c1. The van der Waals surface area contributed by atoms with Crippen molar-refractivity contribution in [3.05, 3.63) is 29.6 Å². The van der Waals surface area contributed by atoms with Gasteiger partial charge in [0.2, 0.25) is 0 Å². The number of benzene rings is 1. The van der Waals surface area contributed by atoms with Crippen molar-refractivity contribution < 1.29 is 13.9 Å². The van der Waals surface area contributed by atoms with Crippen LogP contribution in [0.1, 0.15) is 19.4 Å². The monoisotopic (exact) mass is 301 g/mol. The van der Waals surface area contributed by atoms with Gasteiger partial charge < -0.3 is 9.47 Å². The molecule has 0 amide bonds. The second kappa shape index (κ2) is 6.29. The van der Waals surface area contributed by atoms with Gasteiger partial charge in [-0.25, -0.2) is 4.39 Å². The van der Waals surface area contributed by atoms with Crippen LogP contribution in [-0.2, 0) is 11.3 Å². The fourth-order valence-electron chi connectivity index (χ4n) is 2.64. The van der Waals surface area contributed by atoms with Crippen LogP contribution in [0.3, 0.4) is 0 Å². The van der Waals surface area contributed by atoms with E-state index in [-0.39, 0.29) is 17.5 Å². The first-order valence-electron chi connectivity index (χ1n) is 6.72. The highest BCUT2D eigenvalue weighted by molar-refractivity contribution is 6.18. The molecule has 0 saturated carbocycles. The van der Waals surface area contributed by atoms with E-state index >= 15 is 0 Å². The molecule has 1 aromatic carbocycles. The Kier molecular flexibility index (Phi) is 4.89. The molecule has 1 saturated heterocycles. The molecule has 112 valence electrons. The average molecular weight is 302 g/mol. The van der Waals surface area contributed by atoms with Crippen LogP contribution >= 0.6 is 11.6 Å². The Labute approximate surface area is 124 Å². The summed E-state index contributed by atoms with van der Waals surface area (Å²) in [5.74, 6) is 0.744. The van der Waals surface area contributed by atoms with Gasteiger partial charge in [0, 0.05) is 37.1 Å². The second-order valence-corrected chi connectivity index (χ2v) is 6.09. The van der Waals surface area contributed by atoms with E-state index in [0.717, 1.165) is 13.1 Å². The maximum Gasteiger partial charge on any atom is 0.131 e. The lowest BCUT2D eigenvalue weighted by Gasteiger charge is -2.42. The number of ether oxygens (including phenoxy) is 2. The van der Waals surface area contributed by atoms with Gasteiger partial charge in [0.25, 0.3) is 0 Å². The van der Waals surface area contributed by atoms with E-state index in [1.165, 1.54) is 13.2 Å². The summed E-state index contributed by atoms with van der Waals surface area (Å²) in [6, 6.07) is 4.97. The number of hydrogen-bond donors (Lipinski definition) is 0. The maximum absolute atomic E-state index is 14.0. The number of hydrogen-bond acceptors (Lipinski definition) is 3. The van der Waals surface area contributed by atoms with Gasteiger partial charge in [0.1, 0.15) is 11.6 Å². The summed E-state index contributed by atoms with van der Waals surface area (Å²) in [4.78, 5) is 2.18. The molecule has 1 fully saturated rings. The summed E-state index contributed by atoms with van der Waals surface area (Å²) in [6.07, 6.45) is -0.0123. The normalized spacial score (nSPS) is 22.8. The molecule has 2 rings (SSSR count). The van der Waals surface area contributed by atoms with Crippen LogP contribution in [0.15, 0.2) is 18.2 Å². The van der Waals surface area contributed by atoms with Gasteiger partial charge in [0.05, 0.1) is 18.8 Å². The summed E-state index contributed by atoms with van der Waals surface area (Å²) in [7, 11) is 1.53. The molecule has 0 spiro atoms. The number of alkyl halides is 1. The molecule has 1 heterocycles. The molecule has 20 heavy (non-hydrogen) atoms. The van der Waals surface area contributed by atoms with E-state index in [1.807, 2.05) is 13.8 Å². The number of morpholine rings is 1. The van der Waals surface area contributed by atoms with Crippen LogP contribution in [0.25, 0.3) is 0 Å². The smallest absolute Gasteiger partial charge is 0.131 e. The lowest BCUT2D eigenvalue weighted by molar-refractivity contribution is -0.129. The third kappa shape index (κ3) is 3.84. The molecular formula is C15H21ClFNO2. The van der Waals surface area contributed by atoms with Crippen molar-refractivity contribution in [2.75, 3.05) is 26.1 Å². The lowest BCUT2D eigenvalue weighted by Crippen LogP contribution is -2.52. The van der Waals surface area contributed by atoms with Gasteiger partial charge in [-0.05, 0) is 19.9 Å². The van der Waals surface area contributed by atoms with Crippen LogP contribution in [-0.4, -0.2) is 42.7 Å². The molecule has 3 nitrogen and oxygen atoms in total. The predicted octanol–water partition coefficient (Wildman–Crippen LogP) is 3.05. The van der Waals surface area contributed by atoms with Gasteiger partial charge >= 0.3 is 0 Å². The Morgan fingerprint density at radius 1 is 1.50 bits per heavy atom. The summed E-state index contributed by atoms with van der Waals surface area (Å²) >= 11 is 5.90. The molecule has 0 aromatic heterocycles. The van der Waals surface area contributed by atoms with Crippen molar-refractivity contribution in [1.82, 2.24) is 4.90 Å². The molecule has 1 atom stereocenters. The largest absolute Gasteiger partial charge is 0.497 e. The number of rotatable bonds is 4. The summed E-state index contributed by atoms with van der Waals surface area (Å²) in [5.41, 5.74) is 0.401. The predicted molar refractivity (Wildman–Crippen MR) is 77.9 cm³/mol. The topological polar surface area (TPSA) is 21.7 Å². The van der Waals surface area contributed by atoms with E-state index in [4.69, 9.17) is 21.1 Å². The summed E-state index contributed by atoms with van der Waals surface area (Å²) in [5, 5.41) is 0. The standard InChI is InChI=1S/C15H21ClFNO2/c1-15(2)10-18(9-13(7-16)20-15)8-11-4-5-12(19-3)6-14(11)17/h4-6,13H,7-10H2,1-3H3. The van der Waals surface area contributed by atoms with Crippen LogP contribution in [0.4, 0.5) is 4.39 Å². The van der Waals surface area contributed by atoms with Crippen molar-refractivity contribution in [3.63, 3.8) is 0 Å². The van der Waals surface area contributed by atoms with E-state index in [1.54, 1.807) is 12.1 Å². The quantitative estimate of drug-likeness (QED) is 0.798. The van der Waals surface area contributed by atoms with Crippen molar-refractivity contribution in [2.45, 2.75) is 32.1 Å². The Morgan fingerprint density at radius 2 is 2.25 bits per heavy atom. The third-order valence-electron chi connectivity index (χ3n) is 3.38. The van der Waals surface area contributed by atoms with Gasteiger partial charge in [-0.2, -0.15) is 0 Å². The molecule has 1 aromatic rings. The van der Waals surface area contributed by atoms with Crippen molar-refractivity contribution in [1.29, 1.82) is 0 Å². The van der Waals surface area contributed by atoms with Crippen molar-refractivity contribution in [3.8, 4) is 5.75 Å². The Hall–Kier alpha value is -0.840. The zero-order valence-corrected chi connectivity index (χ0v) is 12.9. The first-order valence-corrected chi connectivity index (χ1v) is 7.25. The lowest BCUT2D eigenvalue weighted by atomic mass is 10.0. The highest BCUT2D eigenvalue weighted by atomic mass is 35.5. The van der Waals surface area contributed by atoms with Crippen LogP contribution < -0.4 is 4.74 Å². The fraction of sp³-hybridized carbons (Fsp3) is 0.600. The fourth-order valence-corrected chi connectivity index (χ4v) is 2.80. The third-order valence-corrected chi connectivity index (χ3v) is 3.72. The molecule has 5 heteroatoms. The Balaban J connectivity index is 2.09. The highest BCUT2D eigenvalue weighted by Gasteiger charge is 2.33. The molecule has 1 unspecified atom stereocenters. The zero-order chi connectivity index (χ0) is 14.8. The highest BCUT2D eigenvalue weighted by Crippen LogP contribution is 2.24. The molecule has 0 N–H and O–H groups in total. The Bertz CT molecular complexity index is 467. The van der Waals surface area contributed by atoms with E-state index in [2.05, 4.69) is 4.90 Å². The summed E-state index contributed by atoms with van der Waals surface area (Å²) in [6.45, 7) is 6.09. The van der Waals surface area contributed by atoms with E-state index in [9.17, 15) is 4.39 Å². The molecule has 1 aliphatic rings.